The van der Waals surface area contributed by atoms with Crippen molar-refractivity contribution in [1.29, 1.82) is 0 Å². The summed E-state index contributed by atoms with van der Waals surface area (Å²) in [7, 11) is -2.44. The maximum absolute atomic E-state index is 6.09. The van der Waals surface area contributed by atoms with E-state index in [0.29, 0.717) is 0 Å². The van der Waals surface area contributed by atoms with E-state index in [2.05, 4.69) is 15.4 Å². The van der Waals surface area contributed by atoms with E-state index in [-0.39, 0.29) is 11.2 Å². The molecule has 0 amide bonds. The van der Waals surface area contributed by atoms with Crippen LogP contribution in [0.3, 0.4) is 0 Å². The quantitative estimate of drug-likeness (QED) is 0.777. The van der Waals surface area contributed by atoms with Gasteiger partial charge in [-0.05, 0) is 37.7 Å². The lowest BCUT2D eigenvalue weighted by Crippen LogP contribution is -2.41. The molecule has 5 nitrogen and oxygen atoms in total. The first kappa shape index (κ1) is 13.0. The molecule has 0 unspecified atom stereocenters. The maximum atomic E-state index is 6.09. The van der Waals surface area contributed by atoms with Gasteiger partial charge in [-0.3, -0.25) is 5.43 Å². The molecular formula is C13H19N3O2P+. The number of amidine groups is 1. The number of hydrazine groups is 1. The van der Waals surface area contributed by atoms with Gasteiger partial charge in [0.05, 0.1) is 0 Å². The first-order valence-corrected chi connectivity index (χ1v) is 7.91. The predicted octanol–water partition coefficient (Wildman–Crippen LogP) is 2.82. The summed E-state index contributed by atoms with van der Waals surface area (Å²) in [5.74, 6) is 0.766. The van der Waals surface area contributed by atoms with Gasteiger partial charge in [0.2, 0.25) is 0 Å². The molecule has 0 saturated carbocycles. The molecule has 0 aromatic heterocycles. The van der Waals surface area contributed by atoms with Gasteiger partial charge in [0, 0.05) is 5.56 Å². The average molecular weight is 280 g/mol. The molecule has 1 saturated heterocycles. The van der Waals surface area contributed by atoms with Crippen LogP contribution in [0.15, 0.2) is 35.1 Å². The molecule has 1 aromatic rings. The normalized spacial score (nSPS) is 26.2. The van der Waals surface area contributed by atoms with Crippen molar-refractivity contribution < 1.29 is 9.05 Å². The summed E-state index contributed by atoms with van der Waals surface area (Å²) >= 11 is 0. The molecule has 0 aliphatic carbocycles. The molecule has 0 bridgehead atoms. The first-order chi connectivity index (χ1) is 8.84. The van der Waals surface area contributed by atoms with Crippen molar-refractivity contribution in [3.05, 3.63) is 35.9 Å². The number of benzene rings is 1. The summed E-state index contributed by atoms with van der Waals surface area (Å²) in [6.45, 7) is 8.11. The lowest BCUT2D eigenvalue weighted by Gasteiger charge is -2.24. The fourth-order valence-electron chi connectivity index (χ4n) is 1.97. The number of rotatable bonds is 1. The highest BCUT2D eigenvalue weighted by molar-refractivity contribution is 7.64. The molecule has 102 valence electrons. The summed E-state index contributed by atoms with van der Waals surface area (Å²) < 4.78 is 16.8. The third-order valence-corrected chi connectivity index (χ3v) is 6.01. The van der Waals surface area contributed by atoms with E-state index in [1.165, 1.54) is 0 Å². The Morgan fingerprint density at radius 3 is 2.16 bits per heavy atom. The molecular weight excluding hydrogens is 261 g/mol. The van der Waals surface area contributed by atoms with Crippen LogP contribution in [0.2, 0.25) is 0 Å². The van der Waals surface area contributed by atoms with Crippen LogP contribution in [0, 0.1) is 0 Å². The molecule has 19 heavy (non-hydrogen) atoms. The third-order valence-electron chi connectivity index (χ3n) is 3.75. The van der Waals surface area contributed by atoms with Crippen LogP contribution in [-0.4, -0.2) is 17.0 Å². The Kier molecular flexibility index (Phi) is 2.74. The van der Waals surface area contributed by atoms with Crippen molar-refractivity contribution in [3.63, 3.8) is 0 Å². The van der Waals surface area contributed by atoms with Gasteiger partial charge in [-0.15, -0.1) is 0 Å². The Bertz CT molecular complexity index is 512. The van der Waals surface area contributed by atoms with Crippen molar-refractivity contribution >= 4 is 13.9 Å². The molecule has 2 N–H and O–H groups in total. The van der Waals surface area contributed by atoms with Crippen molar-refractivity contribution in [2.45, 2.75) is 38.9 Å². The fraction of sp³-hybridized carbons (Fsp3) is 0.462. The molecule has 2 aliphatic rings. The number of hydrogen-bond acceptors (Lipinski definition) is 5. The molecule has 2 heterocycles. The monoisotopic (exact) mass is 280 g/mol. The Balaban J connectivity index is 1.92. The highest BCUT2D eigenvalue weighted by atomic mass is 31.2. The zero-order valence-electron chi connectivity index (χ0n) is 11.6. The Hall–Kier alpha value is -1.00. The second-order valence-electron chi connectivity index (χ2n) is 5.78. The zero-order valence-corrected chi connectivity index (χ0v) is 12.5. The van der Waals surface area contributed by atoms with Gasteiger partial charge in [-0.1, -0.05) is 30.3 Å². The van der Waals surface area contributed by atoms with E-state index in [1.807, 2.05) is 58.0 Å². The van der Waals surface area contributed by atoms with E-state index in [4.69, 9.17) is 9.05 Å². The third kappa shape index (κ3) is 2.07. The van der Waals surface area contributed by atoms with Gasteiger partial charge in [0.1, 0.15) is 11.2 Å². The van der Waals surface area contributed by atoms with Crippen molar-refractivity contribution in [3.8, 4) is 0 Å². The summed E-state index contributed by atoms with van der Waals surface area (Å²) in [4.78, 5) is 0. The average Bonchev–Trinajstić information content (AvgIpc) is 2.79. The standard InChI is InChI=1S/C13H19N3O2P/c1-12(2)13(3,4)18-19(17-12)15-11(14-16-19)10-8-6-5-7-9-10/h5-9,16H,1-4H3,(H,14,15)/q+1. The predicted molar refractivity (Wildman–Crippen MR) is 76.5 cm³/mol. The molecule has 6 heteroatoms. The maximum Gasteiger partial charge on any atom is 0.504 e. The molecule has 1 fully saturated rings. The van der Waals surface area contributed by atoms with Gasteiger partial charge < -0.3 is 0 Å². The van der Waals surface area contributed by atoms with Crippen LogP contribution in [0.25, 0.3) is 0 Å². The van der Waals surface area contributed by atoms with Crippen LogP contribution in [-0.2, 0) is 9.05 Å². The lowest BCUT2D eigenvalue weighted by molar-refractivity contribution is 0.00578. The zero-order chi connectivity index (χ0) is 13.7. The minimum absolute atomic E-state index is 0.384. The molecule has 2 aliphatic heterocycles. The number of nitrogens with one attached hydrogen (secondary N) is 2. The Morgan fingerprint density at radius 2 is 1.58 bits per heavy atom. The Labute approximate surface area is 114 Å². The van der Waals surface area contributed by atoms with Crippen molar-refractivity contribution in [1.82, 2.24) is 10.6 Å². The number of nitrogens with zero attached hydrogens (tertiary/aromatic N) is 1. The van der Waals surface area contributed by atoms with Crippen LogP contribution in [0.5, 0.6) is 0 Å². The minimum atomic E-state index is -2.44. The molecule has 0 atom stereocenters. The van der Waals surface area contributed by atoms with Gasteiger partial charge in [0.15, 0.2) is 5.84 Å². The highest BCUT2D eigenvalue weighted by Crippen LogP contribution is 2.71. The van der Waals surface area contributed by atoms with E-state index >= 15 is 0 Å². The summed E-state index contributed by atoms with van der Waals surface area (Å²) in [6.07, 6.45) is 0. The van der Waals surface area contributed by atoms with Crippen LogP contribution in [0.1, 0.15) is 33.3 Å². The van der Waals surface area contributed by atoms with E-state index in [1.54, 1.807) is 0 Å². The summed E-state index contributed by atoms with van der Waals surface area (Å²) in [6, 6.07) is 9.94. The van der Waals surface area contributed by atoms with Crippen LogP contribution < -0.4 is 10.6 Å². The molecule has 0 radical (unpaired) electrons. The minimum Gasteiger partial charge on any atom is -0.265 e. The smallest absolute Gasteiger partial charge is 0.265 e. The fourth-order valence-corrected chi connectivity index (χ4v) is 4.59. The van der Waals surface area contributed by atoms with Crippen LogP contribution in [0.4, 0.5) is 0 Å². The summed E-state index contributed by atoms with van der Waals surface area (Å²) in [5, 5.41) is 3.10. The second-order valence-corrected chi connectivity index (χ2v) is 7.60. The highest BCUT2D eigenvalue weighted by Gasteiger charge is 2.69. The molecule has 1 aromatic carbocycles. The topological polar surface area (TPSA) is 54.9 Å². The summed E-state index contributed by atoms with van der Waals surface area (Å²) in [5.41, 5.74) is 3.33. The largest absolute Gasteiger partial charge is 0.504 e. The van der Waals surface area contributed by atoms with Gasteiger partial charge in [-0.25, -0.2) is 0 Å². The van der Waals surface area contributed by atoms with Gasteiger partial charge in [0.25, 0.3) is 0 Å². The van der Waals surface area contributed by atoms with Gasteiger partial charge in [-0.2, -0.15) is 9.05 Å². The molecule has 3 rings (SSSR count). The van der Waals surface area contributed by atoms with E-state index in [0.717, 1.165) is 11.4 Å². The lowest BCUT2D eigenvalue weighted by atomic mass is 9.90. The molecule has 1 spiro atoms. The van der Waals surface area contributed by atoms with Crippen molar-refractivity contribution in [2.24, 2.45) is 4.76 Å². The van der Waals surface area contributed by atoms with Crippen LogP contribution >= 0.6 is 8.02 Å². The Morgan fingerprint density at radius 1 is 1.00 bits per heavy atom. The number of hydrogen-bond donors (Lipinski definition) is 2. The SMILES string of the molecule is CC1(C)O[P+]2(N=C(c3ccccc3)NN2)OC1(C)C. The van der Waals surface area contributed by atoms with E-state index in [9.17, 15) is 0 Å². The second kappa shape index (κ2) is 4.00. The first-order valence-electron chi connectivity index (χ1n) is 6.33. The van der Waals surface area contributed by atoms with Gasteiger partial charge >= 0.3 is 8.02 Å². The van der Waals surface area contributed by atoms with E-state index < -0.39 is 8.02 Å². The van der Waals surface area contributed by atoms with Crippen molar-refractivity contribution in [2.75, 3.05) is 0 Å².